The van der Waals surface area contributed by atoms with Gasteiger partial charge in [0.05, 0.1) is 24.0 Å². The topological polar surface area (TPSA) is 80.8 Å². The van der Waals surface area contributed by atoms with Crippen LogP contribution in [0, 0.1) is 30.1 Å². The molecule has 3 aromatic carbocycles. The number of sulfonamides is 1. The molecule has 0 amide bonds. The van der Waals surface area contributed by atoms with Gasteiger partial charge in [-0.3, -0.25) is 9.59 Å². The van der Waals surface area contributed by atoms with E-state index >= 15 is 0 Å². The van der Waals surface area contributed by atoms with E-state index in [-0.39, 0.29) is 30.3 Å². The van der Waals surface area contributed by atoms with Crippen molar-refractivity contribution in [3.63, 3.8) is 0 Å². The van der Waals surface area contributed by atoms with Crippen LogP contribution in [0.1, 0.15) is 43.0 Å². The van der Waals surface area contributed by atoms with Crippen LogP contribution < -0.4 is 0 Å². The van der Waals surface area contributed by atoms with E-state index in [4.69, 9.17) is 4.74 Å². The fraction of sp³-hybridized carbons (Fsp3) is 0.290. The fourth-order valence-electron chi connectivity index (χ4n) is 5.15. The molecule has 1 fully saturated rings. The Morgan fingerprint density at radius 1 is 0.974 bits per heavy atom. The third-order valence-corrected chi connectivity index (χ3v) is 8.84. The van der Waals surface area contributed by atoms with Gasteiger partial charge in [0.25, 0.3) is 0 Å². The van der Waals surface area contributed by atoms with Crippen molar-refractivity contribution in [2.75, 3.05) is 13.2 Å². The Balaban J connectivity index is 1.97. The lowest BCUT2D eigenvalue weighted by Gasteiger charge is -2.35. The summed E-state index contributed by atoms with van der Waals surface area (Å²) < 4.78 is 34.8. The third kappa shape index (κ3) is 5.28. The van der Waals surface area contributed by atoms with E-state index in [0.29, 0.717) is 11.1 Å². The number of benzene rings is 3. The van der Waals surface area contributed by atoms with Crippen molar-refractivity contribution < 1.29 is 22.7 Å². The summed E-state index contributed by atoms with van der Waals surface area (Å²) in [6.07, 6.45) is -0.139. The molecule has 1 aliphatic rings. The first-order valence-electron chi connectivity index (χ1n) is 12.6. The van der Waals surface area contributed by atoms with Gasteiger partial charge in [0.2, 0.25) is 10.0 Å². The Morgan fingerprint density at radius 3 is 2.16 bits per heavy atom. The summed E-state index contributed by atoms with van der Waals surface area (Å²) in [7, 11) is -4.06. The smallest absolute Gasteiger partial charge is 0.306 e. The lowest BCUT2D eigenvalue weighted by Crippen LogP contribution is -2.41. The molecule has 3 aromatic rings. The average Bonchev–Trinajstić information content (AvgIpc) is 3.24. The molecule has 3 atom stereocenters. The SMILES string of the molecule is CCOC(=O)C[C@@H]1CN(S(=O)(=O)c2ccc(C)cc2)[C@H](c2ccccc2)[C@@]1(C#Cc1ccccc1)C(C)=O. The quantitative estimate of drug-likeness (QED) is 0.320. The van der Waals surface area contributed by atoms with Crippen molar-refractivity contribution in [3.8, 4) is 11.8 Å². The number of Topliss-reactive ketones (excluding diaryl/α,β-unsaturated/α-hetero) is 1. The third-order valence-electron chi connectivity index (χ3n) is 6.99. The molecular weight excluding hydrogens is 498 g/mol. The van der Waals surface area contributed by atoms with Crippen LogP contribution in [0.3, 0.4) is 0 Å². The number of esters is 1. The Kier molecular flexibility index (Phi) is 8.15. The van der Waals surface area contributed by atoms with Crippen molar-refractivity contribution >= 4 is 21.8 Å². The fourth-order valence-corrected chi connectivity index (χ4v) is 6.84. The van der Waals surface area contributed by atoms with Gasteiger partial charge in [-0.05, 0) is 50.6 Å². The van der Waals surface area contributed by atoms with Crippen LogP contribution >= 0.6 is 0 Å². The number of carbonyl (C=O) groups is 2. The lowest BCUT2D eigenvalue weighted by atomic mass is 9.67. The first-order chi connectivity index (χ1) is 18.2. The van der Waals surface area contributed by atoms with Gasteiger partial charge in [0, 0.05) is 18.0 Å². The first kappa shape index (κ1) is 27.3. The Hall–Kier alpha value is -3.73. The molecule has 4 rings (SSSR count). The van der Waals surface area contributed by atoms with Gasteiger partial charge in [0.15, 0.2) is 0 Å². The second-order valence-electron chi connectivity index (χ2n) is 9.45. The van der Waals surface area contributed by atoms with E-state index in [1.807, 2.05) is 43.3 Å². The van der Waals surface area contributed by atoms with Crippen molar-refractivity contribution in [2.45, 2.75) is 38.1 Å². The van der Waals surface area contributed by atoms with Crippen LogP contribution in [-0.4, -0.2) is 37.6 Å². The molecule has 1 saturated heterocycles. The standard InChI is InChI=1S/C31H31NO5S/c1-4-37-29(34)21-27-22-32(38(35,36)28-17-15-23(2)16-18-28)30(26-13-9-6-10-14-26)31(27,24(3)33)20-19-25-11-7-5-8-12-25/h5-18,27,30H,4,21-22H2,1-3H3/t27-,30-,31+/m1/s1. The zero-order chi connectivity index (χ0) is 27.3. The van der Waals surface area contributed by atoms with Crippen LogP contribution in [0.5, 0.6) is 0 Å². The summed E-state index contributed by atoms with van der Waals surface area (Å²) in [6, 6.07) is 23.9. The Bertz CT molecular complexity index is 1460. The van der Waals surface area contributed by atoms with Gasteiger partial charge in [-0.1, -0.05) is 78.1 Å². The molecule has 0 unspecified atom stereocenters. The highest BCUT2D eigenvalue weighted by molar-refractivity contribution is 7.89. The normalized spacial score (nSPS) is 21.3. The molecule has 0 aliphatic carbocycles. The molecule has 1 aliphatic heterocycles. The molecule has 0 radical (unpaired) electrons. The first-order valence-corrected chi connectivity index (χ1v) is 14.0. The Morgan fingerprint density at radius 2 is 1.58 bits per heavy atom. The molecule has 0 N–H and O–H groups in total. The van der Waals surface area contributed by atoms with Crippen molar-refractivity contribution in [2.24, 2.45) is 11.3 Å². The molecule has 6 nitrogen and oxygen atoms in total. The number of carbonyl (C=O) groups excluding carboxylic acids is 2. The van der Waals surface area contributed by atoms with Gasteiger partial charge in [0.1, 0.15) is 11.2 Å². The molecule has 38 heavy (non-hydrogen) atoms. The van der Waals surface area contributed by atoms with Crippen LogP contribution in [0.25, 0.3) is 0 Å². The number of rotatable bonds is 7. The van der Waals surface area contributed by atoms with E-state index in [1.54, 1.807) is 55.5 Å². The van der Waals surface area contributed by atoms with Gasteiger partial charge in [-0.2, -0.15) is 4.31 Å². The van der Waals surface area contributed by atoms with Crippen LogP contribution in [0.4, 0.5) is 0 Å². The summed E-state index contributed by atoms with van der Waals surface area (Å²) in [5.41, 5.74) is 0.764. The molecule has 7 heteroatoms. The number of hydrogen-bond acceptors (Lipinski definition) is 5. The van der Waals surface area contributed by atoms with Crippen molar-refractivity contribution in [1.82, 2.24) is 4.31 Å². The number of hydrogen-bond donors (Lipinski definition) is 0. The lowest BCUT2D eigenvalue weighted by molar-refractivity contribution is -0.145. The van der Waals surface area contributed by atoms with Gasteiger partial charge in [-0.25, -0.2) is 8.42 Å². The van der Waals surface area contributed by atoms with E-state index in [9.17, 15) is 18.0 Å². The summed E-state index contributed by atoms with van der Waals surface area (Å²) in [5, 5.41) is 0. The molecule has 0 bridgehead atoms. The molecule has 1 heterocycles. The number of nitrogens with zero attached hydrogens (tertiary/aromatic N) is 1. The predicted molar refractivity (Wildman–Crippen MR) is 145 cm³/mol. The zero-order valence-electron chi connectivity index (χ0n) is 21.8. The number of ketones is 1. The van der Waals surface area contributed by atoms with Crippen molar-refractivity contribution in [3.05, 3.63) is 102 Å². The minimum absolute atomic E-state index is 0.0579. The monoisotopic (exact) mass is 529 g/mol. The maximum atomic E-state index is 14.1. The molecule has 196 valence electrons. The molecule has 0 aromatic heterocycles. The molecule has 0 saturated carbocycles. The average molecular weight is 530 g/mol. The van der Waals surface area contributed by atoms with Crippen LogP contribution in [0.2, 0.25) is 0 Å². The summed E-state index contributed by atoms with van der Waals surface area (Å²) >= 11 is 0. The molecular formula is C31H31NO5S. The zero-order valence-corrected chi connectivity index (χ0v) is 22.6. The largest absolute Gasteiger partial charge is 0.466 e. The highest BCUT2D eigenvalue weighted by atomic mass is 32.2. The van der Waals surface area contributed by atoms with Gasteiger partial charge < -0.3 is 4.74 Å². The van der Waals surface area contributed by atoms with Crippen molar-refractivity contribution in [1.29, 1.82) is 0 Å². The van der Waals surface area contributed by atoms with Gasteiger partial charge >= 0.3 is 5.97 Å². The van der Waals surface area contributed by atoms with Crippen LogP contribution in [0.15, 0.2) is 89.8 Å². The Labute approximate surface area is 224 Å². The second kappa shape index (κ2) is 11.3. The maximum absolute atomic E-state index is 14.1. The predicted octanol–water partition coefficient (Wildman–Crippen LogP) is 4.94. The van der Waals surface area contributed by atoms with Gasteiger partial charge in [-0.15, -0.1) is 0 Å². The highest BCUT2D eigenvalue weighted by Gasteiger charge is 2.60. The van der Waals surface area contributed by atoms with E-state index in [2.05, 4.69) is 11.8 Å². The summed E-state index contributed by atoms with van der Waals surface area (Å²) in [6.45, 7) is 5.14. The number of ether oxygens (including phenoxy) is 1. The van der Waals surface area contributed by atoms with E-state index in [0.717, 1.165) is 5.56 Å². The van der Waals surface area contributed by atoms with E-state index < -0.39 is 33.4 Å². The number of aryl methyl sites for hydroxylation is 1. The highest BCUT2D eigenvalue weighted by Crippen LogP contribution is 2.54. The summed E-state index contributed by atoms with van der Waals surface area (Å²) in [4.78, 5) is 26.6. The van der Waals surface area contributed by atoms with E-state index in [1.165, 1.54) is 11.2 Å². The maximum Gasteiger partial charge on any atom is 0.306 e. The molecule has 0 spiro atoms. The second-order valence-corrected chi connectivity index (χ2v) is 11.3. The summed E-state index contributed by atoms with van der Waals surface area (Å²) in [5.74, 6) is 4.81. The minimum Gasteiger partial charge on any atom is -0.466 e. The minimum atomic E-state index is -4.06. The van der Waals surface area contributed by atoms with Crippen LogP contribution in [-0.2, 0) is 24.3 Å².